The molecule has 1 aliphatic rings. The van der Waals surface area contributed by atoms with E-state index in [1.54, 1.807) is 42.6 Å². The van der Waals surface area contributed by atoms with Gasteiger partial charge in [0.05, 0.1) is 11.7 Å². The first-order chi connectivity index (χ1) is 17.1. The first kappa shape index (κ1) is 24.1. The average Bonchev–Trinajstić information content (AvgIpc) is 3.35. The summed E-state index contributed by atoms with van der Waals surface area (Å²) in [5.41, 5.74) is 1.03. The summed E-state index contributed by atoms with van der Waals surface area (Å²) in [6, 6.07) is 13.5. The van der Waals surface area contributed by atoms with E-state index < -0.39 is 21.7 Å². The molecule has 1 N–H and O–H groups in total. The number of hydrogen-bond donors (Lipinski definition) is 1. The molecule has 5 rings (SSSR count). The van der Waals surface area contributed by atoms with Gasteiger partial charge in [0.25, 0.3) is 0 Å². The van der Waals surface area contributed by atoms with Crippen molar-refractivity contribution in [2.75, 3.05) is 24.2 Å². The lowest BCUT2D eigenvalue weighted by atomic mass is 10.0. The van der Waals surface area contributed by atoms with E-state index in [1.165, 1.54) is 12.3 Å². The van der Waals surface area contributed by atoms with Crippen molar-refractivity contribution < 1.29 is 26.3 Å². The van der Waals surface area contributed by atoms with Gasteiger partial charge in [-0.25, -0.2) is 8.42 Å². The fourth-order valence-corrected chi connectivity index (χ4v) is 5.35. The Kier molecular flexibility index (Phi) is 6.11. The number of piperidine rings is 1. The van der Waals surface area contributed by atoms with Crippen molar-refractivity contribution in [3.05, 3.63) is 66.6 Å². The summed E-state index contributed by atoms with van der Waals surface area (Å²) < 4.78 is 70.4. The minimum absolute atomic E-state index is 0.0177. The Morgan fingerprint density at radius 2 is 1.83 bits per heavy atom. The molecular formula is C25H23F3N4O3S. The molecule has 1 fully saturated rings. The van der Waals surface area contributed by atoms with Gasteiger partial charge >= 0.3 is 6.18 Å². The standard InChI is InChI=1S/C25H23F3N4O3S/c1-36(33,34)23-5-3-2-4-22(23)35-17-9-12-32(13-10-17)21-8-11-29-20-7-6-16(14-18(20)21)19-15-30-31-24(19)25(26,27)28/h2-8,11,14-15,17H,9-10,12-13H2,1H3,(H,30,31). The number of rotatable bonds is 5. The van der Waals surface area contributed by atoms with E-state index in [4.69, 9.17) is 4.74 Å². The van der Waals surface area contributed by atoms with Crippen LogP contribution in [0.2, 0.25) is 0 Å². The van der Waals surface area contributed by atoms with E-state index in [0.717, 1.165) is 17.3 Å². The molecule has 3 heterocycles. The van der Waals surface area contributed by atoms with Gasteiger partial charge in [-0.3, -0.25) is 10.1 Å². The Balaban J connectivity index is 1.38. The number of H-pyrrole nitrogens is 1. The van der Waals surface area contributed by atoms with Crippen LogP contribution in [0, 0.1) is 0 Å². The van der Waals surface area contributed by atoms with Crippen LogP contribution in [0.25, 0.3) is 22.0 Å². The fraction of sp³-hybridized carbons (Fsp3) is 0.280. The minimum Gasteiger partial charge on any atom is -0.489 e. The van der Waals surface area contributed by atoms with Crippen molar-refractivity contribution in [3.8, 4) is 16.9 Å². The van der Waals surface area contributed by atoms with Crippen LogP contribution in [0.5, 0.6) is 5.75 Å². The van der Waals surface area contributed by atoms with Crippen LogP contribution in [0.3, 0.4) is 0 Å². The third-order valence-corrected chi connectivity index (χ3v) is 7.41. The lowest BCUT2D eigenvalue weighted by Crippen LogP contribution is -2.38. The number of hydrogen-bond acceptors (Lipinski definition) is 6. The van der Waals surface area contributed by atoms with Crippen LogP contribution < -0.4 is 9.64 Å². The van der Waals surface area contributed by atoms with Crippen LogP contribution in [-0.2, 0) is 16.0 Å². The first-order valence-electron chi connectivity index (χ1n) is 11.3. The number of anilines is 1. The SMILES string of the molecule is CS(=O)(=O)c1ccccc1OC1CCN(c2ccnc3ccc(-c4cn[nH]c4C(F)(F)F)cc23)CC1. The van der Waals surface area contributed by atoms with E-state index in [0.29, 0.717) is 42.8 Å². The van der Waals surface area contributed by atoms with Gasteiger partial charge in [0, 0.05) is 55.0 Å². The highest BCUT2D eigenvalue weighted by molar-refractivity contribution is 7.90. The maximum atomic E-state index is 13.4. The molecule has 1 aliphatic heterocycles. The number of pyridine rings is 1. The van der Waals surface area contributed by atoms with Crippen molar-refractivity contribution in [2.24, 2.45) is 0 Å². The summed E-state index contributed by atoms with van der Waals surface area (Å²) in [5, 5.41) is 6.40. The summed E-state index contributed by atoms with van der Waals surface area (Å²) in [6.45, 7) is 1.27. The Hall–Kier alpha value is -3.60. The average molecular weight is 517 g/mol. The second-order valence-corrected chi connectivity index (χ2v) is 10.7. The van der Waals surface area contributed by atoms with E-state index >= 15 is 0 Å². The highest BCUT2D eigenvalue weighted by Crippen LogP contribution is 2.38. The molecule has 0 radical (unpaired) electrons. The topological polar surface area (TPSA) is 88.2 Å². The minimum atomic E-state index is -4.55. The second-order valence-electron chi connectivity index (χ2n) is 8.74. The molecular weight excluding hydrogens is 493 g/mol. The van der Waals surface area contributed by atoms with Crippen LogP contribution in [0.1, 0.15) is 18.5 Å². The molecule has 0 bridgehead atoms. The summed E-state index contributed by atoms with van der Waals surface area (Å²) in [4.78, 5) is 6.69. The Morgan fingerprint density at radius 1 is 1.08 bits per heavy atom. The van der Waals surface area contributed by atoms with E-state index in [1.807, 2.05) is 6.07 Å². The van der Waals surface area contributed by atoms with Gasteiger partial charge in [0.15, 0.2) is 9.84 Å². The van der Waals surface area contributed by atoms with Gasteiger partial charge in [-0.05, 0) is 35.9 Å². The third kappa shape index (κ3) is 4.75. The van der Waals surface area contributed by atoms with Gasteiger partial charge in [-0.15, -0.1) is 0 Å². The number of nitrogens with one attached hydrogen (secondary N) is 1. The van der Waals surface area contributed by atoms with Crippen molar-refractivity contribution in [1.82, 2.24) is 15.2 Å². The zero-order valence-corrected chi connectivity index (χ0v) is 20.1. The summed E-state index contributed by atoms with van der Waals surface area (Å²) in [5.74, 6) is 0.345. The van der Waals surface area contributed by atoms with E-state index in [2.05, 4.69) is 20.1 Å². The zero-order chi connectivity index (χ0) is 25.5. The fourth-order valence-electron chi connectivity index (χ4n) is 4.54. The van der Waals surface area contributed by atoms with E-state index in [-0.39, 0.29) is 16.6 Å². The predicted molar refractivity (Wildman–Crippen MR) is 130 cm³/mol. The third-order valence-electron chi connectivity index (χ3n) is 6.28. The Morgan fingerprint density at radius 3 is 2.56 bits per heavy atom. The molecule has 36 heavy (non-hydrogen) atoms. The number of para-hydroxylation sites is 1. The Bertz CT molecular complexity index is 1510. The number of ether oxygens (including phenoxy) is 1. The molecule has 0 spiro atoms. The van der Waals surface area contributed by atoms with Crippen molar-refractivity contribution in [2.45, 2.75) is 30.0 Å². The van der Waals surface area contributed by atoms with E-state index in [9.17, 15) is 21.6 Å². The predicted octanol–water partition coefficient (Wildman–Crippen LogP) is 5.10. The molecule has 2 aromatic carbocycles. The molecule has 188 valence electrons. The zero-order valence-electron chi connectivity index (χ0n) is 19.3. The molecule has 0 saturated carbocycles. The largest absolute Gasteiger partial charge is 0.489 e. The molecule has 4 aromatic rings. The molecule has 11 heteroatoms. The molecule has 0 amide bonds. The van der Waals surface area contributed by atoms with Crippen molar-refractivity contribution in [1.29, 1.82) is 0 Å². The normalized spacial score (nSPS) is 15.4. The van der Waals surface area contributed by atoms with Crippen LogP contribution in [-0.4, -0.2) is 49.0 Å². The van der Waals surface area contributed by atoms with Gasteiger partial charge in [-0.2, -0.15) is 18.3 Å². The molecule has 0 atom stereocenters. The van der Waals surface area contributed by atoms with Crippen molar-refractivity contribution >= 4 is 26.4 Å². The van der Waals surface area contributed by atoms with Crippen molar-refractivity contribution in [3.63, 3.8) is 0 Å². The van der Waals surface area contributed by atoms with Gasteiger partial charge < -0.3 is 9.64 Å². The maximum Gasteiger partial charge on any atom is 0.433 e. The number of fused-ring (bicyclic) bond motifs is 1. The second kappa shape index (κ2) is 9.12. The van der Waals surface area contributed by atoms with Gasteiger partial charge in [-0.1, -0.05) is 18.2 Å². The van der Waals surface area contributed by atoms with Gasteiger partial charge in [0.1, 0.15) is 22.4 Å². The highest BCUT2D eigenvalue weighted by Gasteiger charge is 2.36. The van der Waals surface area contributed by atoms with Crippen LogP contribution in [0.15, 0.2) is 65.8 Å². The molecule has 0 aliphatic carbocycles. The Labute approximate surface area is 205 Å². The summed E-state index contributed by atoms with van der Waals surface area (Å²) >= 11 is 0. The van der Waals surface area contributed by atoms with Crippen LogP contribution >= 0.6 is 0 Å². The van der Waals surface area contributed by atoms with Crippen LogP contribution in [0.4, 0.5) is 18.9 Å². The monoisotopic (exact) mass is 516 g/mol. The first-order valence-corrected chi connectivity index (χ1v) is 13.2. The lowest BCUT2D eigenvalue weighted by Gasteiger charge is -2.34. The number of sulfone groups is 1. The smallest absolute Gasteiger partial charge is 0.433 e. The number of aromatic amines is 1. The lowest BCUT2D eigenvalue weighted by molar-refractivity contribution is -0.140. The molecule has 1 saturated heterocycles. The number of halogens is 3. The molecule has 0 unspecified atom stereocenters. The number of nitrogens with zero attached hydrogens (tertiary/aromatic N) is 3. The van der Waals surface area contributed by atoms with Gasteiger partial charge in [0.2, 0.25) is 0 Å². The number of benzene rings is 2. The molecule has 2 aromatic heterocycles. The molecule has 7 nitrogen and oxygen atoms in total. The maximum absolute atomic E-state index is 13.4. The number of aromatic nitrogens is 3. The highest BCUT2D eigenvalue weighted by atomic mass is 32.2. The summed E-state index contributed by atoms with van der Waals surface area (Å²) in [6.07, 6.45) is 0.618. The quantitative estimate of drug-likeness (QED) is 0.397. The summed E-state index contributed by atoms with van der Waals surface area (Å²) in [7, 11) is -3.42. The number of alkyl halides is 3.